The van der Waals surface area contributed by atoms with Gasteiger partial charge in [0, 0.05) is 12.1 Å². The highest BCUT2D eigenvalue weighted by molar-refractivity contribution is 7.93. The van der Waals surface area contributed by atoms with Gasteiger partial charge in [0.1, 0.15) is 6.54 Å². The van der Waals surface area contributed by atoms with Crippen LogP contribution in [0, 0.1) is 24.0 Å². The number of ether oxygens (including phenoxy) is 1. The summed E-state index contributed by atoms with van der Waals surface area (Å²) in [5.41, 5.74) is 0.905. The molecule has 2 aromatic carbocycles. The Kier molecular flexibility index (Phi) is 5.61. The van der Waals surface area contributed by atoms with E-state index in [4.69, 9.17) is 0 Å². The summed E-state index contributed by atoms with van der Waals surface area (Å²) >= 11 is 0. The maximum atomic E-state index is 13.2. The largest absolute Gasteiger partial charge is 0.468 e. The van der Waals surface area contributed by atoms with Gasteiger partial charge in [-0.1, -0.05) is 24.3 Å². The van der Waals surface area contributed by atoms with Crippen LogP contribution in [-0.2, 0) is 19.6 Å². The number of nitro benzene ring substituents is 1. The van der Waals surface area contributed by atoms with Crippen molar-refractivity contribution in [3.8, 4) is 0 Å². The number of non-ortho nitro benzene ring substituents is 1. The molecule has 0 amide bonds. The van der Waals surface area contributed by atoms with Gasteiger partial charge in [0.25, 0.3) is 15.7 Å². The summed E-state index contributed by atoms with van der Waals surface area (Å²) in [7, 11) is -3.08. The number of nitro groups is 1. The molecule has 0 N–H and O–H groups in total. The number of methoxy groups -OCH3 is 1. The minimum atomic E-state index is -4.24. The van der Waals surface area contributed by atoms with Crippen molar-refractivity contribution in [2.75, 3.05) is 18.0 Å². The molecule has 2 rings (SSSR count). The fourth-order valence-electron chi connectivity index (χ4n) is 2.42. The summed E-state index contributed by atoms with van der Waals surface area (Å²) < 4.78 is 32.0. The molecule has 0 atom stereocenters. The lowest BCUT2D eigenvalue weighted by Crippen LogP contribution is -2.37. The average molecular weight is 378 g/mol. The van der Waals surface area contributed by atoms with E-state index in [1.807, 2.05) is 0 Å². The number of nitrogens with zero attached hydrogens (tertiary/aromatic N) is 2. The fraction of sp³-hybridized carbons (Fsp3) is 0.235. The number of carbonyl (C=O) groups is 1. The monoisotopic (exact) mass is 378 g/mol. The molecule has 0 saturated heterocycles. The quantitative estimate of drug-likeness (QED) is 0.434. The zero-order valence-electron chi connectivity index (χ0n) is 14.5. The molecule has 26 heavy (non-hydrogen) atoms. The summed E-state index contributed by atoms with van der Waals surface area (Å²) in [5.74, 6) is -0.750. The molecule has 2 aromatic rings. The van der Waals surface area contributed by atoms with Gasteiger partial charge in [-0.2, -0.15) is 0 Å². The van der Waals surface area contributed by atoms with Crippen LogP contribution in [0.4, 0.5) is 11.4 Å². The molecule has 0 fully saturated rings. The zero-order valence-corrected chi connectivity index (χ0v) is 15.3. The molecule has 0 aliphatic carbocycles. The molecule has 0 aliphatic rings. The first-order valence-electron chi connectivity index (χ1n) is 7.58. The Morgan fingerprint density at radius 1 is 1.15 bits per heavy atom. The lowest BCUT2D eigenvalue weighted by molar-refractivity contribution is -0.385. The van der Waals surface area contributed by atoms with Gasteiger partial charge < -0.3 is 4.74 Å². The number of benzene rings is 2. The van der Waals surface area contributed by atoms with Crippen LogP contribution in [0.1, 0.15) is 11.1 Å². The highest BCUT2D eigenvalue weighted by Gasteiger charge is 2.31. The predicted molar refractivity (Wildman–Crippen MR) is 95.6 cm³/mol. The lowest BCUT2D eigenvalue weighted by Gasteiger charge is -2.25. The number of carbonyl (C=O) groups excluding carboxylic acids is 1. The van der Waals surface area contributed by atoms with E-state index >= 15 is 0 Å². The van der Waals surface area contributed by atoms with E-state index in [9.17, 15) is 23.3 Å². The highest BCUT2D eigenvalue weighted by atomic mass is 32.2. The van der Waals surface area contributed by atoms with Crippen LogP contribution >= 0.6 is 0 Å². The number of hydrogen-bond donors (Lipinski definition) is 0. The number of sulfonamides is 1. The van der Waals surface area contributed by atoms with Crippen molar-refractivity contribution in [1.29, 1.82) is 0 Å². The molecule has 0 heterocycles. The fourth-order valence-corrected chi connectivity index (χ4v) is 4.14. The van der Waals surface area contributed by atoms with Crippen LogP contribution in [0.2, 0.25) is 0 Å². The van der Waals surface area contributed by atoms with Gasteiger partial charge in [0.05, 0.1) is 22.6 Å². The van der Waals surface area contributed by atoms with E-state index in [1.165, 1.54) is 19.1 Å². The van der Waals surface area contributed by atoms with Crippen molar-refractivity contribution >= 4 is 27.4 Å². The third-order valence-corrected chi connectivity index (χ3v) is 5.74. The van der Waals surface area contributed by atoms with Crippen LogP contribution in [0.15, 0.2) is 47.4 Å². The van der Waals surface area contributed by atoms with E-state index in [1.54, 1.807) is 31.2 Å². The van der Waals surface area contributed by atoms with E-state index in [0.29, 0.717) is 16.8 Å². The average Bonchev–Trinajstić information content (AvgIpc) is 2.60. The second-order valence-corrected chi connectivity index (χ2v) is 7.41. The minimum Gasteiger partial charge on any atom is -0.468 e. The third kappa shape index (κ3) is 3.83. The normalized spacial score (nSPS) is 11.0. The molecule has 0 bridgehead atoms. The summed E-state index contributed by atoms with van der Waals surface area (Å²) in [5, 5.41) is 11.0. The van der Waals surface area contributed by atoms with Gasteiger partial charge >= 0.3 is 5.97 Å². The van der Waals surface area contributed by atoms with E-state index in [2.05, 4.69) is 4.74 Å². The van der Waals surface area contributed by atoms with Crippen molar-refractivity contribution in [3.63, 3.8) is 0 Å². The van der Waals surface area contributed by atoms with Crippen LogP contribution in [-0.4, -0.2) is 33.0 Å². The first-order chi connectivity index (χ1) is 12.2. The summed E-state index contributed by atoms with van der Waals surface area (Å²) in [6.07, 6.45) is 0. The molecule has 9 heteroatoms. The Morgan fingerprint density at radius 3 is 2.38 bits per heavy atom. The maximum Gasteiger partial charge on any atom is 0.326 e. The molecule has 0 radical (unpaired) electrons. The van der Waals surface area contributed by atoms with Crippen molar-refractivity contribution in [3.05, 3.63) is 63.7 Å². The SMILES string of the molecule is COC(=O)CN(c1ccccc1C)S(=O)(=O)c1cc([N+](=O)[O-])ccc1C. The Balaban J connectivity index is 2.67. The van der Waals surface area contributed by atoms with E-state index in [-0.39, 0.29) is 10.6 Å². The number of rotatable bonds is 6. The summed E-state index contributed by atoms with van der Waals surface area (Å²) in [6, 6.07) is 10.2. The first-order valence-corrected chi connectivity index (χ1v) is 9.02. The number of hydrogen-bond acceptors (Lipinski definition) is 6. The number of aryl methyl sites for hydroxylation is 2. The molecule has 0 spiro atoms. The van der Waals surface area contributed by atoms with Crippen LogP contribution < -0.4 is 4.31 Å². The molecule has 138 valence electrons. The lowest BCUT2D eigenvalue weighted by atomic mass is 10.2. The first kappa shape index (κ1) is 19.4. The Morgan fingerprint density at radius 2 is 1.81 bits per heavy atom. The second kappa shape index (κ2) is 7.52. The topological polar surface area (TPSA) is 107 Å². The van der Waals surface area contributed by atoms with E-state index < -0.39 is 27.5 Å². The van der Waals surface area contributed by atoms with Crippen molar-refractivity contribution < 1.29 is 22.9 Å². The van der Waals surface area contributed by atoms with Crippen molar-refractivity contribution in [2.45, 2.75) is 18.7 Å². The molecular formula is C17H18N2O6S. The predicted octanol–water partition coefficient (Wildman–Crippen LogP) is 2.58. The zero-order chi connectivity index (χ0) is 19.5. The minimum absolute atomic E-state index is 0.237. The standard InChI is InChI=1S/C17H18N2O6S/c1-12-6-4-5-7-15(12)18(11-17(20)25-3)26(23,24)16-10-14(19(21)22)9-8-13(16)2/h4-10H,11H2,1-3H3. The molecule has 0 saturated carbocycles. The Bertz CT molecular complexity index is 955. The molecule has 0 unspecified atom stereocenters. The number of esters is 1. The highest BCUT2D eigenvalue weighted by Crippen LogP contribution is 2.30. The number of anilines is 1. The van der Waals surface area contributed by atoms with Crippen LogP contribution in [0.25, 0.3) is 0 Å². The third-order valence-electron chi connectivity index (χ3n) is 3.84. The van der Waals surface area contributed by atoms with Gasteiger partial charge in [0.15, 0.2) is 0 Å². The van der Waals surface area contributed by atoms with Crippen molar-refractivity contribution in [2.24, 2.45) is 0 Å². The van der Waals surface area contributed by atoms with Crippen molar-refractivity contribution in [1.82, 2.24) is 0 Å². The smallest absolute Gasteiger partial charge is 0.326 e. The second-order valence-electron chi connectivity index (χ2n) is 5.58. The maximum absolute atomic E-state index is 13.2. The van der Waals surface area contributed by atoms with Crippen LogP contribution in [0.3, 0.4) is 0 Å². The van der Waals surface area contributed by atoms with Gasteiger partial charge in [-0.15, -0.1) is 0 Å². The molecule has 8 nitrogen and oxygen atoms in total. The van der Waals surface area contributed by atoms with Gasteiger partial charge in [0.2, 0.25) is 0 Å². The molecule has 0 aromatic heterocycles. The van der Waals surface area contributed by atoms with Gasteiger partial charge in [-0.05, 0) is 31.0 Å². The molecular weight excluding hydrogens is 360 g/mol. The summed E-state index contributed by atoms with van der Waals surface area (Å²) in [6.45, 7) is 2.69. The van der Waals surface area contributed by atoms with Gasteiger partial charge in [-0.25, -0.2) is 8.42 Å². The van der Waals surface area contributed by atoms with Gasteiger partial charge in [-0.3, -0.25) is 19.2 Å². The van der Waals surface area contributed by atoms with E-state index in [0.717, 1.165) is 17.5 Å². The summed E-state index contributed by atoms with van der Waals surface area (Å²) in [4.78, 5) is 21.9. The molecule has 0 aliphatic heterocycles. The Labute approximate surface area is 151 Å². The number of para-hydroxylation sites is 1. The Hall–Kier alpha value is -2.94. The van der Waals surface area contributed by atoms with Crippen LogP contribution in [0.5, 0.6) is 0 Å².